The van der Waals surface area contributed by atoms with Crippen LogP contribution < -0.4 is 0 Å². The molecule has 0 atom stereocenters. The van der Waals surface area contributed by atoms with Gasteiger partial charge in [0.1, 0.15) is 0 Å². The topological polar surface area (TPSA) is 0 Å². The van der Waals surface area contributed by atoms with Gasteiger partial charge in [-0.3, -0.25) is 0 Å². The van der Waals surface area contributed by atoms with E-state index in [1.165, 1.54) is 32.7 Å². The molecule has 0 aliphatic rings. The van der Waals surface area contributed by atoms with Crippen molar-refractivity contribution in [3.05, 3.63) is 8.61 Å². The summed E-state index contributed by atoms with van der Waals surface area (Å²) in [5.41, 5.74) is 0. The molecule has 0 aromatic heterocycles. The SMILES string of the molecule is CCC/C=C(\Br)[Te]CCCC. The zero-order chi connectivity index (χ0) is 8.53. The van der Waals surface area contributed by atoms with Crippen LogP contribution in [0.2, 0.25) is 4.47 Å². The van der Waals surface area contributed by atoms with E-state index < -0.39 is 0 Å². The van der Waals surface area contributed by atoms with E-state index in [2.05, 4.69) is 35.9 Å². The van der Waals surface area contributed by atoms with Gasteiger partial charge in [-0.2, -0.15) is 0 Å². The van der Waals surface area contributed by atoms with Gasteiger partial charge in [-0.1, -0.05) is 0 Å². The normalized spacial score (nSPS) is 12.1. The summed E-state index contributed by atoms with van der Waals surface area (Å²) in [7, 11) is 0. The Morgan fingerprint density at radius 2 is 2.09 bits per heavy atom. The molecular weight excluding hydrogens is 316 g/mol. The minimum absolute atomic E-state index is 0.156. The molecule has 0 amide bonds. The van der Waals surface area contributed by atoms with Crippen molar-refractivity contribution in [2.24, 2.45) is 0 Å². The third-order valence-corrected chi connectivity index (χ3v) is 5.86. The van der Waals surface area contributed by atoms with E-state index in [-0.39, 0.29) is 20.9 Å². The maximum atomic E-state index is 3.63. The molecule has 0 heterocycles. The Balaban J connectivity index is 3.27. The van der Waals surface area contributed by atoms with Crippen LogP contribution in [0.5, 0.6) is 0 Å². The summed E-state index contributed by atoms with van der Waals surface area (Å²) in [6.07, 6.45) is 7.64. The summed E-state index contributed by atoms with van der Waals surface area (Å²) in [5.74, 6) is 0. The van der Waals surface area contributed by atoms with Crippen LogP contribution in [0, 0.1) is 0 Å². The molecule has 0 rings (SSSR count). The van der Waals surface area contributed by atoms with Crippen molar-refractivity contribution in [1.29, 1.82) is 0 Å². The summed E-state index contributed by atoms with van der Waals surface area (Å²) in [4.78, 5) is 0. The molecule has 0 N–H and O–H groups in total. The molecule has 0 bridgehead atoms. The third kappa shape index (κ3) is 8.92. The van der Waals surface area contributed by atoms with Crippen molar-refractivity contribution in [3.63, 3.8) is 0 Å². The molecule has 0 radical (unpaired) electrons. The summed E-state index contributed by atoms with van der Waals surface area (Å²) < 4.78 is 2.99. The number of halogens is 1. The van der Waals surface area contributed by atoms with Gasteiger partial charge in [0.25, 0.3) is 0 Å². The zero-order valence-corrected chi connectivity index (χ0v) is 11.3. The number of rotatable bonds is 6. The summed E-state index contributed by atoms with van der Waals surface area (Å²) in [6.45, 7) is 4.49. The van der Waals surface area contributed by atoms with Gasteiger partial charge in [0.15, 0.2) is 0 Å². The van der Waals surface area contributed by atoms with Crippen molar-refractivity contribution >= 4 is 36.9 Å². The Morgan fingerprint density at radius 1 is 1.36 bits per heavy atom. The average molecular weight is 333 g/mol. The van der Waals surface area contributed by atoms with Crippen LogP contribution in [0.4, 0.5) is 0 Å². The van der Waals surface area contributed by atoms with Crippen LogP contribution in [0.1, 0.15) is 39.5 Å². The van der Waals surface area contributed by atoms with Gasteiger partial charge in [-0.15, -0.1) is 0 Å². The van der Waals surface area contributed by atoms with Crippen molar-refractivity contribution in [2.45, 2.75) is 44.0 Å². The first-order valence-corrected chi connectivity index (χ1v) is 7.90. The molecule has 0 nitrogen and oxygen atoms in total. The van der Waals surface area contributed by atoms with Crippen LogP contribution in [0.3, 0.4) is 0 Å². The number of hydrogen-bond donors (Lipinski definition) is 0. The molecule has 0 unspecified atom stereocenters. The molecule has 11 heavy (non-hydrogen) atoms. The van der Waals surface area contributed by atoms with Gasteiger partial charge < -0.3 is 0 Å². The molecular formula is C9H17BrTe. The Kier molecular flexibility index (Phi) is 9.94. The Labute approximate surface area is 89.0 Å². The quantitative estimate of drug-likeness (QED) is 0.510. The van der Waals surface area contributed by atoms with Gasteiger partial charge >= 0.3 is 89.5 Å². The van der Waals surface area contributed by atoms with Crippen LogP contribution in [-0.4, -0.2) is 20.9 Å². The molecule has 0 aromatic carbocycles. The fourth-order valence-corrected chi connectivity index (χ4v) is 4.41. The second-order valence-electron chi connectivity index (χ2n) is 2.50. The molecule has 0 aliphatic carbocycles. The number of allylic oxidation sites excluding steroid dienone is 1. The molecule has 66 valence electrons. The summed E-state index contributed by atoms with van der Waals surface area (Å²) >= 11 is 3.78. The maximum absolute atomic E-state index is 3.63. The van der Waals surface area contributed by atoms with Gasteiger partial charge in [0.2, 0.25) is 0 Å². The molecule has 0 fully saturated rings. The molecule has 0 aromatic rings. The second kappa shape index (κ2) is 9.10. The molecule has 0 aliphatic heterocycles. The van der Waals surface area contributed by atoms with E-state index in [0.717, 1.165) is 0 Å². The van der Waals surface area contributed by atoms with Crippen LogP contribution in [0.15, 0.2) is 8.61 Å². The Morgan fingerprint density at radius 3 is 2.64 bits per heavy atom. The van der Waals surface area contributed by atoms with Crippen LogP contribution >= 0.6 is 15.9 Å². The molecule has 0 spiro atoms. The number of unbranched alkanes of at least 4 members (excludes halogenated alkanes) is 2. The van der Waals surface area contributed by atoms with E-state index in [1.54, 1.807) is 0 Å². The van der Waals surface area contributed by atoms with E-state index >= 15 is 0 Å². The van der Waals surface area contributed by atoms with Gasteiger partial charge in [-0.05, 0) is 0 Å². The van der Waals surface area contributed by atoms with Gasteiger partial charge in [0, 0.05) is 0 Å². The minimum atomic E-state index is 0.156. The Hall–Kier alpha value is 1.01. The monoisotopic (exact) mass is 334 g/mol. The first-order chi connectivity index (χ1) is 5.31. The molecule has 0 saturated heterocycles. The van der Waals surface area contributed by atoms with Crippen molar-refractivity contribution in [2.75, 3.05) is 0 Å². The van der Waals surface area contributed by atoms with Crippen LogP contribution in [-0.2, 0) is 0 Å². The molecule has 0 saturated carbocycles. The standard InChI is InChI=1S/C9H17BrTe/c1-3-5-7-9(10)11-8-6-4-2/h7H,3-6,8H2,1-2H3/b9-7+. The fraction of sp³-hybridized carbons (Fsp3) is 0.778. The van der Waals surface area contributed by atoms with Crippen molar-refractivity contribution in [1.82, 2.24) is 0 Å². The number of hydrogen-bond acceptors (Lipinski definition) is 0. The van der Waals surface area contributed by atoms with Crippen LogP contribution in [0.25, 0.3) is 0 Å². The van der Waals surface area contributed by atoms with E-state index in [0.29, 0.717) is 0 Å². The third-order valence-electron chi connectivity index (χ3n) is 1.33. The van der Waals surface area contributed by atoms with Crippen molar-refractivity contribution < 1.29 is 0 Å². The van der Waals surface area contributed by atoms with E-state index in [9.17, 15) is 0 Å². The Bertz CT molecular complexity index is 110. The van der Waals surface area contributed by atoms with E-state index in [4.69, 9.17) is 0 Å². The van der Waals surface area contributed by atoms with Crippen molar-refractivity contribution in [3.8, 4) is 0 Å². The first-order valence-electron chi connectivity index (χ1n) is 4.29. The average Bonchev–Trinajstić information content (AvgIpc) is 2.01. The van der Waals surface area contributed by atoms with Gasteiger partial charge in [-0.25, -0.2) is 0 Å². The van der Waals surface area contributed by atoms with E-state index in [1.807, 2.05) is 0 Å². The summed E-state index contributed by atoms with van der Waals surface area (Å²) in [6, 6.07) is 0. The second-order valence-corrected chi connectivity index (χ2v) is 8.23. The first kappa shape index (κ1) is 12.0. The van der Waals surface area contributed by atoms with Gasteiger partial charge in [0.05, 0.1) is 0 Å². The molecule has 2 heteroatoms. The zero-order valence-electron chi connectivity index (χ0n) is 7.40. The predicted octanol–water partition coefficient (Wildman–Crippen LogP) is 3.95. The summed E-state index contributed by atoms with van der Waals surface area (Å²) in [5, 5.41) is 0. The predicted molar refractivity (Wildman–Crippen MR) is 57.4 cm³/mol. The fourth-order valence-electron chi connectivity index (χ4n) is 0.631.